The zero-order chi connectivity index (χ0) is 16.4. The number of benzene rings is 1. The van der Waals surface area contributed by atoms with Gasteiger partial charge in [0.05, 0.1) is 11.4 Å². The number of nitrogens with zero attached hydrogens (tertiary/aromatic N) is 2. The van der Waals surface area contributed by atoms with Gasteiger partial charge in [-0.2, -0.15) is 5.26 Å². The third-order valence-electron chi connectivity index (χ3n) is 3.07. The number of thioether (sulfide) groups is 1. The Morgan fingerprint density at radius 1 is 1.43 bits per heavy atom. The molecule has 0 atom stereocenters. The van der Waals surface area contributed by atoms with Gasteiger partial charge in [-0.3, -0.25) is 9.59 Å². The van der Waals surface area contributed by atoms with E-state index in [0.29, 0.717) is 17.1 Å². The van der Waals surface area contributed by atoms with E-state index in [-0.39, 0.29) is 34.7 Å². The number of ether oxygens (including phenoxy) is 2. The molecule has 23 heavy (non-hydrogen) atoms. The third kappa shape index (κ3) is 3.05. The van der Waals surface area contributed by atoms with E-state index in [1.165, 1.54) is 6.92 Å². The van der Waals surface area contributed by atoms with Crippen molar-refractivity contribution in [2.75, 3.05) is 12.5 Å². The molecule has 0 aliphatic carbocycles. The highest BCUT2D eigenvalue weighted by atomic mass is 32.2. The number of carbonyl (C=O) groups is 1. The van der Waals surface area contributed by atoms with Gasteiger partial charge in [0, 0.05) is 5.56 Å². The zero-order valence-corrected chi connectivity index (χ0v) is 12.9. The summed E-state index contributed by atoms with van der Waals surface area (Å²) in [5.41, 5.74) is 0.194. The normalized spacial score (nSPS) is 12.0. The first-order valence-electron chi connectivity index (χ1n) is 6.65. The summed E-state index contributed by atoms with van der Waals surface area (Å²) in [5, 5.41) is 9.52. The number of nitriles is 1. The Balaban J connectivity index is 2.08. The highest BCUT2D eigenvalue weighted by Gasteiger charge is 2.18. The molecule has 7 nitrogen and oxygen atoms in total. The second-order valence-corrected chi connectivity index (χ2v) is 5.73. The van der Waals surface area contributed by atoms with Crippen LogP contribution in [0.2, 0.25) is 0 Å². The number of fused-ring (bicyclic) bond motifs is 1. The Morgan fingerprint density at radius 3 is 2.96 bits per heavy atom. The van der Waals surface area contributed by atoms with Crippen LogP contribution < -0.4 is 15.0 Å². The van der Waals surface area contributed by atoms with Crippen LogP contribution in [0, 0.1) is 11.3 Å². The first-order valence-corrected chi connectivity index (χ1v) is 7.63. The van der Waals surface area contributed by atoms with Gasteiger partial charge in [0.15, 0.2) is 16.7 Å². The first kappa shape index (κ1) is 15.1. The summed E-state index contributed by atoms with van der Waals surface area (Å²) >= 11 is 1.11. The van der Waals surface area contributed by atoms with Crippen LogP contribution in [-0.2, 0) is 4.79 Å². The van der Waals surface area contributed by atoms with Crippen LogP contribution in [0.5, 0.6) is 11.5 Å². The van der Waals surface area contributed by atoms with Gasteiger partial charge in [-0.25, -0.2) is 4.98 Å². The first-order chi connectivity index (χ1) is 11.1. The molecule has 8 heteroatoms. The molecule has 1 aliphatic rings. The lowest BCUT2D eigenvalue weighted by atomic mass is 10.1. The van der Waals surface area contributed by atoms with Crippen LogP contribution in [0.3, 0.4) is 0 Å². The summed E-state index contributed by atoms with van der Waals surface area (Å²) in [7, 11) is 0. The van der Waals surface area contributed by atoms with Gasteiger partial charge >= 0.3 is 0 Å². The SMILES string of the molecule is CC(=O)CSc1nc(-c2ccc3c(c2)OCO3)c(C#N)c(=O)[nH]1. The Labute approximate surface area is 135 Å². The zero-order valence-electron chi connectivity index (χ0n) is 12.1. The molecule has 0 fully saturated rings. The monoisotopic (exact) mass is 329 g/mol. The Kier molecular flexibility index (Phi) is 4.04. The lowest BCUT2D eigenvalue weighted by Crippen LogP contribution is -2.15. The molecule has 1 N–H and O–H groups in total. The maximum Gasteiger partial charge on any atom is 0.270 e. The van der Waals surface area contributed by atoms with Gasteiger partial charge in [0.25, 0.3) is 5.56 Å². The van der Waals surface area contributed by atoms with Crippen molar-refractivity contribution in [2.45, 2.75) is 12.1 Å². The van der Waals surface area contributed by atoms with Crippen molar-refractivity contribution in [1.82, 2.24) is 9.97 Å². The maximum atomic E-state index is 12.1. The molecule has 0 spiro atoms. The molecule has 2 aromatic rings. The number of Topliss-reactive ketones (excluding diaryl/α,β-unsaturated/α-hetero) is 1. The molecule has 1 aromatic carbocycles. The van der Waals surface area contributed by atoms with Gasteiger partial charge in [-0.1, -0.05) is 11.8 Å². The molecule has 0 amide bonds. The molecule has 0 saturated carbocycles. The molecule has 0 saturated heterocycles. The number of aromatic amines is 1. The van der Waals surface area contributed by atoms with E-state index in [0.717, 1.165) is 11.8 Å². The Morgan fingerprint density at radius 2 is 2.22 bits per heavy atom. The van der Waals surface area contributed by atoms with E-state index in [1.54, 1.807) is 18.2 Å². The summed E-state index contributed by atoms with van der Waals surface area (Å²) in [6, 6.07) is 6.94. The highest BCUT2D eigenvalue weighted by molar-refractivity contribution is 7.99. The predicted molar refractivity (Wildman–Crippen MR) is 82.5 cm³/mol. The van der Waals surface area contributed by atoms with Gasteiger partial charge in [0.1, 0.15) is 17.4 Å². The number of hydrogen-bond acceptors (Lipinski definition) is 7. The van der Waals surface area contributed by atoms with Gasteiger partial charge in [-0.15, -0.1) is 0 Å². The Hall–Kier alpha value is -2.79. The average molecular weight is 329 g/mol. The Bertz CT molecular complexity index is 885. The van der Waals surface area contributed by atoms with E-state index in [9.17, 15) is 14.9 Å². The summed E-state index contributed by atoms with van der Waals surface area (Å²) < 4.78 is 10.5. The lowest BCUT2D eigenvalue weighted by Gasteiger charge is -2.06. The molecular weight excluding hydrogens is 318 g/mol. The molecule has 1 aromatic heterocycles. The molecule has 0 unspecified atom stereocenters. The summed E-state index contributed by atoms with van der Waals surface area (Å²) in [4.78, 5) is 30.0. The van der Waals surface area contributed by atoms with Crippen molar-refractivity contribution in [2.24, 2.45) is 0 Å². The van der Waals surface area contributed by atoms with Crippen molar-refractivity contribution in [3.63, 3.8) is 0 Å². The van der Waals surface area contributed by atoms with Crippen molar-refractivity contribution in [1.29, 1.82) is 5.26 Å². The van der Waals surface area contributed by atoms with E-state index < -0.39 is 5.56 Å². The van der Waals surface area contributed by atoms with Crippen LogP contribution in [0.4, 0.5) is 0 Å². The van der Waals surface area contributed by atoms with Crippen LogP contribution in [0.15, 0.2) is 28.2 Å². The van der Waals surface area contributed by atoms with Gasteiger partial charge < -0.3 is 14.5 Å². The quantitative estimate of drug-likeness (QED) is 0.672. The van der Waals surface area contributed by atoms with Crippen molar-refractivity contribution < 1.29 is 14.3 Å². The molecular formula is C15H11N3O4S. The average Bonchev–Trinajstić information content (AvgIpc) is 2.99. The molecule has 116 valence electrons. The molecule has 2 heterocycles. The number of rotatable bonds is 4. The fraction of sp³-hybridized carbons (Fsp3) is 0.200. The number of carbonyl (C=O) groups excluding carboxylic acids is 1. The second kappa shape index (κ2) is 6.14. The van der Waals surface area contributed by atoms with Crippen molar-refractivity contribution >= 4 is 17.5 Å². The van der Waals surface area contributed by atoms with E-state index >= 15 is 0 Å². The fourth-order valence-corrected chi connectivity index (χ4v) is 2.71. The minimum atomic E-state index is -0.541. The van der Waals surface area contributed by atoms with Gasteiger partial charge in [-0.05, 0) is 25.1 Å². The van der Waals surface area contributed by atoms with Crippen molar-refractivity contribution in [3.05, 3.63) is 34.1 Å². The molecule has 0 radical (unpaired) electrons. The molecule has 3 rings (SSSR count). The fourth-order valence-electron chi connectivity index (χ4n) is 2.05. The van der Waals surface area contributed by atoms with Crippen molar-refractivity contribution in [3.8, 4) is 28.8 Å². The number of nitrogens with one attached hydrogen (secondary N) is 1. The number of hydrogen-bond donors (Lipinski definition) is 1. The number of ketones is 1. The summed E-state index contributed by atoms with van der Waals surface area (Å²) in [5.74, 6) is 1.29. The third-order valence-corrected chi connectivity index (χ3v) is 4.09. The van der Waals surface area contributed by atoms with Crippen LogP contribution in [0.25, 0.3) is 11.3 Å². The number of aromatic nitrogens is 2. The molecule has 0 bridgehead atoms. The number of H-pyrrole nitrogens is 1. The molecule has 1 aliphatic heterocycles. The maximum absolute atomic E-state index is 12.1. The second-order valence-electron chi connectivity index (χ2n) is 4.77. The predicted octanol–water partition coefficient (Wildman–Crippen LogP) is 1.72. The van der Waals surface area contributed by atoms with E-state index in [2.05, 4.69) is 9.97 Å². The largest absolute Gasteiger partial charge is 0.454 e. The summed E-state index contributed by atoms with van der Waals surface area (Å²) in [6.45, 7) is 1.58. The minimum absolute atomic E-state index is 0.0355. The topological polar surface area (TPSA) is 105 Å². The highest BCUT2D eigenvalue weighted by Crippen LogP contribution is 2.36. The minimum Gasteiger partial charge on any atom is -0.454 e. The smallest absolute Gasteiger partial charge is 0.270 e. The standard InChI is InChI=1S/C15H11N3O4S/c1-8(19)6-23-15-17-13(10(5-16)14(20)18-15)9-2-3-11-12(4-9)22-7-21-11/h2-4H,6-7H2,1H3,(H,17,18,20). The van der Waals surface area contributed by atoms with Crippen LogP contribution >= 0.6 is 11.8 Å². The van der Waals surface area contributed by atoms with E-state index in [1.807, 2.05) is 6.07 Å². The lowest BCUT2D eigenvalue weighted by molar-refractivity contribution is -0.114. The van der Waals surface area contributed by atoms with Gasteiger partial charge in [0.2, 0.25) is 6.79 Å². The van der Waals surface area contributed by atoms with E-state index in [4.69, 9.17) is 9.47 Å². The summed E-state index contributed by atoms with van der Waals surface area (Å²) in [6.07, 6.45) is 0. The van der Waals surface area contributed by atoms with Crippen LogP contribution in [-0.4, -0.2) is 28.3 Å². The van der Waals surface area contributed by atoms with Crippen LogP contribution in [0.1, 0.15) is 12.5 Å².